The molecule has 2 N–H and O–H groups in total. The molecule has 1 aliphatic heterocycles. The fourth-order valence-electron chi connectivity index (χ4n) is 4.24. The second kappa shape index (κ2) is 9.51. The van der Waals surface area contributed by atoms with Crippen LogP contribution in [0, 0.1) is 5.41 Å². The molecule has 164 valence electrons. The van der Waals surface area contributed by atoms with E-state index in [1.165, 1.54) is 10.4 Å². The first-order chi connectivity index (χ1) is 14.7. The minimum atomic E-state index is 0.126. The number of nitrogens with one attached hydrogen (secondary N) is 1. The maximum atomic E-state index is 10.6. The maximum Gasteiger partial charge on any atom is 0.117 e. The number of nitrogens with zero attached hydrogens (tertiary/aromatic N) is 1. The molecule has 1 aromatic rings. The molecule has 3 rings (SSSR count). The first-order valence-corrected chi connectivity index (χ1v) is 11.7. The van der Waals surface area contributed by atoms with Crippen LogP contribution in [0.25, 0.3) is 11.3 Å². The quantitative estimate of drug-likeness (QED) is 0.237. The Morgan fingerprint density at radius 2 is 2.13 bits per heavy atom. The van der Waals surface area contributed by atoms with Crippen LogP contribution in [0.5, 0.6) is 0 Å². The standard InChI is InChI=1S/C26H32N2OS2/c1-7-21(20(16-27-30)14-18(3)28-13-9-8-10-17(28)2)25-24(19(4)29)22-15-26(5,6)12-11-23(22)31-25/h7-10,13-14,27,29-30H,1-2,4,11-12,15-16H2,3,5-6H3/b18-14+,21-20-. The van der Waals surface area contributed by atoms with E-state index in [4.69, 9.17) is 0 Å². The Hall–Kier alpha value is -2.21. The van der Waals surface area contributed by atoms with Gasteiger partial charge in [0.2, 0.25) is 0 Å². The van der Waals surface area contributed by atoms with Crippen LogP contribution in [-0.4, -0.2) is 16.6 Å². The van der Waals surface area contributed by atoms with Gasteiger partial charge in [-0.05, 0) is 66.5 Å². The Labute approximate surface area is 196 Å². The van der Waals surface area contributed by atoms with Crippen LogP contribution in [0.2, 0.25) is 0 Å². The van der Waals surface area contributed by atoms with E-state index in [9.17, 15) is 5.11 Å². The van der Waals surface area contributed by atoms with E-state index < -0.39 is 0 Å². The Kier molecular flexibility index (Phi) is 7.20. The van der Waals surface area contributed by atoms with Crippen molar-refractivity contribution in [2.75, 3.05) is 6.54 Å². The first-order valence-electron chi connectivity index (χ1n) is 10.5. The predicted octanol–water partition coefficient (Wildman–Crippen LogP) is 6.97. The predicted molar refractivity (Wildman–Crippen MR) is 139 cm³/mol. The lowest BCUT2D eigenvalue weighted by Gasteiger charge is -2.30. The SMILES string of the molecule is C=C/C(=C(\C=C(/C)N1C=CC=CC1=C)CNS)c1sc2c(c1C(=C)O)CC(C)(C)CC2. The zero-order valence-corrected chi connectivity index (χ0v) is 20.4. The maximum absolute atomic E-state index is 10.6. The molecule has 3 nitrogen and oxygen atoms in total. The van der Waals surface area contributed by atoms with Gasteiger partial charge in [0, 0.05) is 39.5 Å². The summed E-state index contributed by atoms with van der Waals surface area (Å²) in [5.74, 6) is 0.126. The van der Waals surface area contributed by atoms with E-state index in [1.807, 2.05) is 35.4 Å². The molecule has 5 heteroatoms. The second-order valence-corrected chi connectivity index (χ2v) is 10.2. The largest absolute Gasteiger partial charge is 0.508 e. The summed E-state index contributed by atoms with van der Waals surface area (Å²) >= 11 is 6.02. The van der Waals surface area contributed by atoms with E-state index in [1.54, 1.807) is 11.3 Å². The van der Waals surface area contributed by atoms with Crippen molar-refractivity contribution in [1.29, 1.82) is 0 Å². The van der Waals surface area contributed by atoms with Crippen molar-refractivity contribution in [2.24, 2.45) is 5.41 Å². The molecule has 1 aliphatic carbocycles. The minimum absolute atomic E-state index is 0.126. The fourth-order valence-corrected chi connectivity index (χ4v) is 5.82. The molecule has 0 saturated heterocycles. The third kappa shape index (κ3) is 5.00. The summed E-state index contributed by atoms with van der Waals surface area (Å²) in [6.07, 6.45) is 15.1. The molecule has 2 aliphatic rings. The summed E-state index contributed by atoms with van der Waals surface area (Å²) in [5, 5.41) is 10.6. The average Bonchev–Trinajstić information content (AvgIpc) is 3.06. The highest BCUT2D eigenvalue weighted by atomic mass is 32.1. The molecule has 0 amide bonds. The highest BCUT2D eigenvalue weighted by Crippen LogP contribution is 2.46. The molecule has 31 heavy (non-hydrogen) atoms. The van der Waals surface area contributed by atoms with Gasteiger partial charge in [-0.3, -0.25) is 4.72 Å². The van der Waals surface area contributed by atoms with Crippen LogP contribution in [-0.2, 0) is 12.8 Å². The molecule has 0 spiro atoms. The fraction of sp³-hybridized carbons (Fsp3) is 0.308. The molecular formula is C26H32N2OS2. The highest BCUT2D eigenvalue weighted by molar-refractivity contribution is 7.78. The Balaban J connectivity index is 2.16. The summed E-state index contributed by atoms with van der Waals surface area (Å²) in [7, 11) is 0. The van der Waals surface area contributed by atoms with E-state index in [2.05, 4.69) is 64.1 Å². The lowest BCUT2D eigenvalue weighted by molar-refractivity contribution is 0.317. The average molecular weight is 453 g/mol. The number of hydrogen-bond acceptors (Lipinski definition) is 5. The van der Waals surface area contributed by atoms with Gasteiger partial charge in [0.1, 0.15) is 5.76 Å². The van der Waals surface area contributed by atoms with Gasteiger partial charge in [-0.2, -0.15) is 0 Å². The van der Waals surface area contributed by atoms with Crippen molar-refractivity contribution in [3.05, 3.63) is 94.2 Å². The number of aliphatic hydroxyl groups excluding tert-OH is 1. The highest BCUT2D eigenvalue weighted by Gasteiger charge is 2.32. The van der Waals surface area contributed by atoms with Crippen LogP contribution >= 0.6 is 24.2 Å². The number of aliphatic hydroxyl groups is 1. The zero-order chi connectivity index (χ0) is 22.8. The van der Waals surface area contributed by atoms with Crippen LogP contribution in [0.1, 0.15) is 48.1 Å². The topological polar surface area (TPSA) is 35.5 Å². The summed E-state index contributed by atoms with van der Waals surface area (Å²) in [4.78, 5) is 4.42. The number of aryl methyl sites for hydroxylation is 1. The number of thiol groups is 1. The van der Waals surface area contributed by atoms with Crippen molar-refractivity contribution >= 4 is 35.5 Å². The molecule has 0 aromatic carbocycles. The third-order valence-corrected chi connectivity index (χ3v) is 7.32. The van der Waals surface area contributed by atoms with Crippen molar-refractivity contribution in [2.45, 2.75) is 40.0 Å². The van der Waals surface area contributed by atoms with Gasteiger partial charge in [-0.1, -0.05) is 58.6 Å². The summed E-state index contributed by atoms with van der Waals surface area (Å²) in [6.45, 7) is 19.3. The smallest absolute Gasteiger partial charge is 0.117 e. The van der Waals surface area contributed by atoms with Gasteiger partial charge in [-0.15, -0.1) is 11.3 Å². The number of hydrogen-bond donors (Lipinski definition) is 3. The monoisotopic (exact) mass is 452 g/mol. The van der Waals surface area contributed by atoms with E-state index >= 15 is 0 Å². The molecular weight excluding hydrogens is 420 g/mol. The number of allylic oxidation sites excluding steroid dienone is 6. The second-order valence-electron chi connectivity index (χ2n) is 8.82. The lowest BCUT2D eigenvalue weighted by Crippen LogP contribution is -2.21. The van der Waals surface area contributed by atoms with Gasteiger partial charge < -0.3 is 10.0 Å². The van der Waals surface area contributed by atoms with Crippen LogP contribution in [0.15, 0.2) is 73.3 Å². The third-order valence-electron chi connectivity index (χ3n) is 5.84. The molecule has 0 bridgehead atoms. The van der Waals surface area contributed by atoms with E-state index in [0.717, 1.165) is 52.2 Å². The summed E-state index contributed by atoms with van der Waals surface area (Å²) in [6, 6.07) is 0. The molecule has 0 fully saturated rings. The first kappa shape index (κ1) is 23.5. The number of thiophene rings is 1. The van der Waals surface area contributed by atoms with E-state index in [0.29, 0.717) is 6.54 Å². The molecule has 1 aromatic heterocycles. The Bertz CT molecular complexity index is 1030. The zero-order valence-electron chi connectivity index (χ0n) is 18.7. The molecule has 0 radical (unpaired) electrons. The minimum Gasteiger partial charge on any atom is -0.508 e. The van der Waals surface area contributed by atoms with Gasteiger partial charge in [0.25, 0.3) is 0 Å². The molecule has 0 atom stereocenters. The van der Waals surface area contributed by atoms with Crippen molar-refractivity contribution in [3.8, 4) is 0 Å². The van der Waals surface area contributed by atoms with Crippen LogP contribution in [0.3, 0.4) is 0 Å². The lowest BCUT2D eigenvalue weighted by atomic mass is 9.75. The molecule has 0 saturated carbocycles. The Morgan fingerprint density at radius 1 is 1.39 bits per heavy atom. The van der Waals surface area contributed by atoms with Crippen molar-refractivity contribution < 1.29 is 5.11 Å². The molecule has 2 heterocycles. The van der Waals surface area contributed by atoms with Gasteiger partial charge in [0.15, 0.2) is 0 Å². The summed E-state index contributed by atoms with van der Waals surface area (Å²) in [5.41, 5.74) is 6.30. The number of rotatable bonds is 7. The van der Waals surface area contributed by atoms with Gasteiger partial charge in [0.05, 0.1) is 0 Å². The number of fused-ring (bicyclic) bond motifs is 1. The van der Waals surface area contributed by atoms with Crippen molar-refractivity contribution in [1.82, 2.24) is 9.62 Å². The van der Waals surface area contributed by atoms with Gasteiger partial charge in [-0.25, -0.2) is 0 Å². The molecule has 0 unspecified atom stereocenters. The van der Waals surface area contributed by atoms with Crippen LogP contribution < -0.4 is 4.72 Å². The van der Waals surface area contributed by atoms with E-state index in [-0.39, 0.29) is 11.2 Å². The van der Waals surface area contributed by atoms with Crippen LogP contribution in [0.4, 0.5) is 0 Å². The van der Waals surface area contributed by atoms with Crippen molar-refractivity contribution in [3.63, 3.8) is 0 Å². The normalized spacial score (nSPS) is 18.6. The van der Waals surface area contributed by atoms with Gasteiger partial charge >= 0.3 is 0 Å². The summed E-state index contributed by atoms with van der Waals surface area (Å²) < 4.78 is 2.99. The Morgan fingerprint density at radius 3 is 2.74 bits per heavy atom.